The number of thiophene rings is 1. The molecule has 0 aliphatic carbocycles. The summed E-state index contributed by atoms with van der Waals surface area (Å²) < 4.78 is 7.30. The second-order valence-electron chi connectivity index (χ2n) is 3.41. The van der Waals surface area contributed by atoms with Gasteiger partial charge in [0.05, 0.1) is 15.4 Å². The van der Waals surface area contributed by atoms with Gasteiger partial charge >= 0.3 is 0 Å². The minimum Gasteiger partial charge on any atom is -0.496 e. The molecule has 0 radical (unpaired) electrons. The highest BCUT2D eigenvalue weighted by atomic mass is 79.9. The standard InChI is InChI=1S/C12H11Br2NOS/c1-16-11-4-2-8(6-10(11)13)15-7-9-3-5-12(14)17-9/h2-6,15H,7H2,1H3. The lowest BCUT2D eigenvalue weighted by molar-refractivity contribution is 0.412. The van der Waals surface area contributed by atoms with Gasteiger partial charge in [-0.25, -0.2) is 0 Å². The zero-order valence-corrected chi connectivity index (χ0v) is 13.2. The first-order valence-electron chi connectivity index (χ1n) is 5.00. The van der Waals surface area contributed by atoms with E-state index < -0.39 is 0 Å². The van der Waals surface area contributed by atoms with E-state index in [9.17, 15) is 0 Å². The molecule has 5 heteroatoms. The van der Waals surface area contributed by atoms with Gasteiger partial charge in [0.25, 0.3) is 0 Å². The molecule has 1 heterocycles. The Morgan fingerprint density at radius 2 is 2.06 bits per heavy atom. The second kappa shape index (κ2) is 5.89. The normalized spacial score (nSPS) is 10.3. The van der Waals surface area contributed by atoms with Gasteiger partial charge in [-0.05, 0) is 62.2 Å². The highest BCUT2D eigenvalue weighted by molar-refractivity contribution is 9.11. The summed E-state index contributed by atoms with van der Waals surface area (Å²) >= 11 is 8.66. The molecule has 0 aliphatic rings. The third-order valence-electron chi connectivity index (χ3n) is 2.25. The zero-order valence-electron chi connectivity index (χ0n) is 9.17. The van der Waals surface area contributed by atoms with Crippen molar-refractivity contribution in [3.05, 3.63) is 43.5 Å². The Hall–Kier alpha value is -0.520. The number of rotatable bonds is 4. The Labute approximate surface area is 121 Å². The van der Waals surface area contributed by atoms with E-state index in [0.29, 0.717) is 0 Å². The molecular weight excluding hydrogens is 366 g/mol. The molecule has 90 valence electrons. The molecule has 0 atom stereocenters. The lowest BCUT2D eigenvalue weighted by Crippen LogP contribution is -1.97. The van der Waals surface area contributed by atoms with Crippen LogP contribution in [0.3, 0.4) is 0 Å². The number of ether oxygens (including phenoxy) is 1. The monoisotopic (exact) mass is 375 g/mol. The van der Waals surface area contributed by atoms with E-state index in [1.165, 1.54) is 4.88 Å². The highest BCUT2D eigenvalue weighted by Crippen LogP contribution is 2.28. The molecule has 2 rings (SSSR count). The van der Waals surface area contributed by atoms with Crippen LogP contribution in [0.5, 0.6) is 5.75 Å². The molecule has 1 N–H and O–H groups in total. The number of hydrogen-bond donors (Lipinski definition) is 1. The zero-order chi connectivity index (χ0) is 12.3. The number of anilines is 1. The maximum Gasteiger partial charge on any atom is 0.133 e. The van der Waals surface area contributed by atoms with E-state index >= 15 is 0 Å². The Morgan fingerprint density at radius 1 is 1.24 bits per heavy atom. The van der Waals surface area contributed by atoms with Crippen molar-refractivity contribution in [1.29, 1.82) is 0 Å². The third kappa shape index (κ3) is 3.47. The molecule has 0 aliphatic heterocycles. The smallest absolute Gasteiger partial charge is 0.133 e. The number of methoxy groups -OCH3 is 1. The van der Waals surface area contributed by atoms with E-state index in [1.807, 2.05) is 18.2 Å². The number of halogens is 2. The summed E-state index contributed by atoms with van der Waals surface area (Å²) in [5.41, 5.74) is 1.07. The van der Waals surface area contributed by atoms with Crippen LogP contribution in [0.4, 0.5) is 5.69 Å². The van der Waals surface area contributed by atoms with Gasteiger partial charge in [0.1, 0.15) is 5.75 Å². The van der Waals surface area contributed by atoms with E-state index in [-0.39, 0.29) is 0 Å². The first kappa shape index (κ1) is 12.9. The van der Waals surface area contributed by atoms with Crippen molar-refractivity contribution in [2.45, 2.75) is 6.54 Å². The first-order valence-corrected chi connectivity index (χ1v) is 7.41. The Balaban J connectivity index is 2.02. The van der Waals surface area contributed by atoms with Crippen LogP contribution in [0.15, 0.2) is 38.6 Å². The molecule has 2 aromatic rings. The van der Waals surface area contributed by atoms with Crippen molar-refractivity contribution in [1.82, 2.24) is 0 Å². The summed E-state index contributed by atoms with van der Waals surface area (Å²) in [4.78, 5) is 1.30. The van der Waals surface area contributed by atoms with E-state index in [2.05, 4.69) is 49.3 Å². The average molecular weight is 377 g/mol. The Kier molecular flexibility index (Phi) is 4.48. The van der Waals surface area contributed by atoms with Crippen molar-refractivity contribution in [2.75, 3.05) is 12.4 Å². The van der Waals surface area contributed by atoms with Crippen LogP contribution < -0.4 is 10.1 Å². The lowest BCUT2D eigenvalue weighted by Gasteiger charge is -2.08. The quantitative estimate of drug-likeness (QED) is 0.819. The SMILES string of the molecule is COc1ccc(NCc2ccc(Br)s2)cc1Br. The molecule has 0 saturated carbocycles. The third-order valence-corrected chi connectivity index (χ3v) is 4.49. The van der Waals surface area contributed by atoms with Crippen LogP contribution >= 0.6 is 43.2 Å². The van der Waals surface area contributed by atoms with E-state index in [4.69, 9.17) is 4.74 Å². The fourth-order valence-corrected chi connectivity index (χ4v) is 3.38. The van der Waals surface area contributed by atoms with Gasteiger partial charge < -0.3 is 10.1 Å². The first-order chi connectivity index (χ1) is 8.19. The van der Waals surface area contributed by atoms with Crippen LogP contribution in [-0.2, 0) is 6.54 Å². The summed E-state index contributed by atoms with van der Waals surface area (Å²) in [6.45, 7) is 0.828. The van der Waals surface area contributed by atoms with Gasteiger partial charge in [0.2, 0.25) is 0 Å². The summed E-state index contributed by atoms with van der Waals surface area (Å²) in [6, 6.07) is 10.1. The predicted octanol–water partition coefficient (Wildman–Crippen LogP) is 4.89. The second-order valence-corrected chi connectivity index (χ2v) is 6.81. The minimum absolute atomic E-state index is 0.828. The van der Waals surface area contributed by atoms with Gasteiger partial charge in [0.15, 0.2) is 0 Å². The fraction of sp³-hybridized carbons (Fsp3) is 0.167. The molecule has 0 bridgehead atoms. The van der Waals surface area contributed by atoms with Crippen molar-refractivity contribution in [3.63, 3.8) is 0 Å². The van der Waals surface area contributed by atoms with Gasteiger partial charge in [-0.3, -0.25) is 0 Å². The molecule has 0 unspecified atom stereocenters. The summed E-state index contributed by atoms with van der Waals surface area (Å²) in [6.07, 6.45) is 0. The molecule has 1 aromatic carbocycles. The molecular formula is C12H11Br2NOS. The fourth-order valence-electron chi connectivity index (χ4n) is 1.41. The summed E-state index contributed by atoms with van der Waals surface area (Å²) in [7, 11) is 1.66. The molecule has 0 saturated heterocycles. The average Bonchev–Trinajstić information content (AvgIpc) is 2.73. The Bertz CT molecular complexity index is 513. The molecule has 0 fully saturated rings. The van der Waals surface area contributed by atoms with Gasteiger partial charge in [-0.15, -0.1) is 11.3 Å². The number of benzene rings is 1. The number of hydrogen-bond acceptors (Lipinski definition) is 3. The summed E-state index contributed by atoms with van der Waals surface area (Å²) in [5.74, 6) is 0.842. The molecule has 17 heavy (non-hydrogen) atoms. The van der Waals surface area contributed by atoms with E-state index in [1.54, 1.807) is 18.4 Å². The molecule has 0 spiro atoms. The van der Waals surface area contributed by atoms with Crippen LogP contribution in [-0.4, -0.2) is 7.11 Å². The largest absolute Gasteiger partial charge is 0.496 e. The van der Waals surface area contributed by atoms with Crippen LogP contribution in [0, 0.1) is 0 Å². The Morgan fingerprint density at radius 3 is 2.65 bits per heavy atom. The van der Waals surface area contributed by atoms with Gasteiger partial charge in [0, 0.05) is 17.1 Å². The van der Waals surface area contributed by atoms with Crippen LogP contribution in [0.25, 0.3) is 0 Å². The molecule has 2 nitrogen and oxygen atoms in total. The molecule has 1 aromatic heterocycles. The van der Waals surface area contributed by atoms with Crippen molar-refractivity contribution < 1.29 is 4.74 Å². The van der Waals surface area contributed by atoms with Crippen molar-refractivity contribution >= 4 is 48.9 Å². The van der Waals surface area contributed by atoms with Gasteiger partial charge in [-0.2, -0.15) is 0 Å². The summed E-state index contributed by atoms with van der Waals surface area (Å²) in [5, 5.41) is 3.37. The maximum atomic E-state index is 5.19. The minimum atomic E-state index is 0.828. The van der Waals surface area contributed by atoms with E-state index in [0.717, 1.165) is 26.2 Å². The van der Waals surface area contributed by atoms with Crippen molar-refractivity contribution in [2.24, 2.45) is 0 Å². The van der Waals surface area contributed by atoms with Crippen LogP contribution in [0.2, 0.25) is 0 Å². The highest BCUT2D eigenvalue weighted by Gasteiger charge is 2.02. The van der Waals surface area contributed by atoms with Gasteiger partial charge in [-0.1, -0.05) is 0 Å². The number of nitrogens with one attached hydrogen (secondary N) is 1. The lowest BCUT2D eigenvalue weighted by atomic mass is 10.3. The van der Waals surface area contributed by atoms with Crippen molar-refractivity contribution in [3.8, 4) is 5.75 Å². The molecule has 0 amide bonds. The predicted molar refractivity (Wildman–Crippen MR) is 80.0 cm³/mol. The van der Waals surface area contributed by atoms with Crippen LogP contribution in [0.1, 0.15) is 4.88 Å². The maximum absolute atomic E-state index is 5.19. The topological polar surface area (TPSA) is 21.3 Å².